The SMILES string of the molecule is O=c1cc(-c2ccccc2)oc2c1C=CCC2. The predicted molar refractivity (Wildman–Crippen MR) is 67.8 cm³/mol. The minimum absolute atomic E-state index is 0.0426. The third kappa shape index (κ3) is 1.82. The maximum Gasteiger partial charge on any atom is 0.192 e. The largest absolute Gasteiger partial charge is 0.460 e. The normalized spacial score (nSPS) is 13.4. The first-order chi connectivity index (χ1) is 8.34. The molecule has 0 bridgehead atoms. The minimum atomic E-state index is 0.0426. The molecule has 0 aliphatic heterocycles. The Morgan fingerprint density at radius 2 is 1.94 bits per heavy atom. The van der Waals surface area contributed by atoms with Crippen LogP contribution in [-0.2, 0) is 6.42 Å². The Bertz CT molecular complexity index is 621. The first kappa shape index (κ1) is 10.1. The van der Waals surface area contributed by atoms with E-state index in [1.807, 2.05) is 42.5 Å². The van der Waals surface area contributed by atoms with Crippen molar-refractivity contribution in [3.63, 3.8) is 0 Å². The van der Waals surface area contributed by atoms with Crippen LogP contribution in [0.1, 0.15) is 17.7 Å². The van der Waals surface area contributed by atoms with Crippen LogP contribution in [0.2, 0.25) is 0 Å². The molecule has 2 nitrogen and oxygen atoms in total. The molecule has 0 amide bonds. The third-order valence-corrected chi connectivity index (χ3v) is 2.94. The number of allylic oxidation sites excluding steroid dienone is 1. The summed E-state index contributed by atoms with van der Waals surface area (Å²) < 4.78 is 5.82. The van der Waals surface area contributed by atoms with Gasteiger partial charge in [0.25, 0.3) is 0 Å². The molecule has 84 valence electrons. The molecule has 0 unspecified atom stereocenters. The van der Waals surface area contributed by atoms with Gasteiger partial charge >= 0.3 is 0 Å². The van der Waals surface area contributed by atoms with E-state index < -0.39 is 0 Å². The molecule has 3 rings (SSSR count). The Balaban J connectivity index is 2.18. The molecule has 0 saturated heterocycles. The molecular weight excluding hydrogens is 212 g/mol. The lowest BCUT2D eigenvalue weighted by Crippen LogP contribution is -2.10. The van der Waals surface area contributed by atoms with Gasteiger partial charge in [0.05, 0.1) is 5.56 Å². The second kappa shape index (κ2) is 4.06. The molecule has 2 heteroatoms. The van der Waals surface area contributed by atoms with Gasteiger partial charge in [-0.05, 0) is 6.42 Å². The second-order valence-corrected chi connectivity index (χ2v) is 4.12. The highest BCUT2D eigenvalue weighted by atomic mass is 16.3. The molecule has 0 radical (unpaired) electrons. The summed E-state index contributed by atoms with van der Waals surface area (Å²) in [5, 5.41) is 0. The summed E-state index contributed by atoms with van der Waals surface area (Å²) in [6.45, 7) is 0. The highest BCUT2D eigenvalue weighted by molar-refractivity contribution is 5.60. The summed E-state index contributed by atoms with van der Waals surface area (Å²) in [6, 6.07) is 11.3. The Labute approximate surface area is 99.2 Å². The lowest BCUT2D eigenvalue weighted by atomic mass is 10.0. The van der Waals surface area contributed by atoms with Crippen molar-refractivity contribution in [2.24, 2.45) is 0 Å². The number of hydrogen-bond donors (Lipinski definition) is 0. The Morgan fingerprint density at radius 3 is 2.76 bits per heavy atom. The van der Waals surface area contributed by atoms with Gasteiger partial charge in [-0.15, -0.1) is 0 Å². The molecule has 17 heavy (non-hydrogen) atoms. The van der Waals surface area contributed by atoms with Crippen molar-refractivity contribution < 1.29 is 4.42 Å². The highest BCUT2D eigenvalue weighted by Gasteiger charge is 2.13. The third-order valence-electron chi connectivity index (χ3n) is 2.94. The van der Waals surface area contributed by atoms with Crippen LogP contribution in [0.15, 0.2) is 51.7 Å². The van der Waals surface area contributed by atoms with Gasteiger partial charge in [-0.2, -0.15) is 0 Å². The predicted octanol–water partition coefficient (Wildman–Crippen LogP) is 3.27. The smallest absolute Gasteiger partial charge is 0.192 e. The van der Waals surface area contributed by atoms with Crippen LogP contribution >= 0.6 is 0 Å². The molecule has 0 atom stereocenters. The van der Waals surface area contributed by atoms with E-state index in [9.17, 15) is 4.79 Å². The molecule has 0 N–H and O–H groups in total. The Kier molecular flexibility index (Phi) is 2.41. The van der Waals surface area contributed by atoms with E-state index in [0.717, 1.165) is 24.2 Å². The van der Waals surface area contributed by atoms with Crippen molar-refractivity contribution in [3.05, 3.63) is 64.0 Å². The van der Waals surface area contributed by atoms with Gasteiger partial charge in [-0.3, -0.25) is 4.79 Å². The first-order valence-electron chi connectivity index (χ1n) is 5.73. The monoisotopic (exact) mass is 224 g/mol. The number of hydrogen-bond acceptors (Lipinski definition) is 2. The van der Waals surface area contributed by atoms with Gasteiger partial charge in [0.2, 0.25) is 0 Å². The quantitative estimate of drug-likeness (QED) is 0.744. The molecular formula is C15H12O2. The van der Waals surface area contributed by atoms with Crippen molar-refractivity contribution in [1.82, 2.24) is 0 Å². The van der Waals surface area contributed by atoms with Crippen molar-refractivity contribution in [2.45, 2.75) is 12.8 Å². The van der Waals surface area contributed by atoms with Gasteiger partial charge in [-0.25, -0.2) is 0 Å². The lowest BCUT2D eigenvalue weighted by Gasteiger charge is -2.10. The fraction of sp³-hybridized carbons (Fsp3) is 0.133. The summed E-state index contributed by atoms with van der Waals surface area (Å²) in [5.41, 5.74) is 1.69. The van der Waals surface area contributed by atoms with Crippen LogP contribution in [0.3, 0.4) is 0 Å². The van der Waals surface area contributed by atoms with Crippen LogP contribution in [0.5, 0.6) is 0 Å². The molecule has 0 fully saturated rings. The minimum Gasteiger partial charge on any atom is -0.460 e. The summed E-state index contributed by atoms with van der Waals surface area (Å²) in [7, 11) is 0. The van der Waals surface area contributed by atoms with Crippen LogP contribution < -0.4 is 5.43 Å². The number of benzene rings is 1. The zero-order valence-electron chi connectivity index (χ0n) is 9.35. The first-order valence-corrected chi connectivity index (χ1v) is 5.73. The van der Waals surface area contributed by atoms with E-state index >= 15 is 0 Å². The fourth-order valence-corrected chi connectivity index (χ4v) is 2.07. The molecule has 0 saturated carbocycles. The van der Waals surface area contributed by atoms with E-state index in [1.165, 1.54) is 0 Å². The van der Waals surface area contributed by atoms with Crippen LogP contribution in [0.25, 0.3) is 17.4 Å². The molecule has 1 aliphatic carbocycles. The average Bonchev–Trinajstić information content (AvgIpc) is 2.40. The van der Waals surface area contributed by atoms with E-state index in [1.54, 1.807) is 6.07 Å². The average molecular weight is 224 g/mol. The van der Waals surface area contributed by atoms with Gasteiger partial charge < -0.3 is 4.42 Å². The highest BCUT2D eigenvalue weighted by Crippen LogP contribution is 2.23. The number of aryl methyl sites for hydroxylation is 1. The Hall–Kier alpha value is -2.09. The van der Waals surface area contributed by atoms with E-state index in [2.05, 4.69) is 0 Å². The van der Waals surface area contributed by atoms with Gasteiger partial charge in [-0.1, -0.05) is 42.5 Å². The zero-order chi connectivity index (χ0) is 11.7. The van der Waals surface area contributed by atoms with Gasteiger partial charge in [0, 0.05) is 18.1 Å². The van der Waals surface area contributed by atoms with Crippen molar-refractivity contribution in [1.29, 1.82) is 0 Å². The number of fused-ring (bicyclic) bond motifs is 1. The van der Waals surface area contributed by atoms with E-state index in [-0.39, 0.29) is 5.43 Å². The van der Waals surface area contributed by atoms with Crippen LogP contribution in [0, 0.1) is 0 Å². The topological polar surface area (TPSA) is 30.2 Å². The molecule has 1 heterocycles. The lowest BCUT2D eigenvalue weighted by molar-refractivity contribution is 0.501. The van der Waals surface area contributed by atoms with E-state index in [0.29, 0.717) is 11.3 Å². The second-order valence-electron chi connectivity index (χ2n) is 4.12. The fourth-order valence-electron chi connectivity index (χ4n) is 2.07. The zero-order valence-corrected chi connectivity index (χ0v) is 9.35. The van der Waals surface area contributed by atoms with Gasteiger partial charge in [0.1, 0.15) is 11.5 Å². The molecule has 0 spiro atoms. The van der Waals surface area contributed by atoms with Crippen LogP contribution in [0.4, 0.5) is 0 Å². The maximum absolute atomic E-state index is 11.9. The van der Waals surface area contributed by atoms with Gasteiger partial charge in [0.15, 0.2) is 5.43 Å². The molecule has 2 aromatic rings. The summed E-state index contributed by atoms with van der Waals surface area (Å²) in [6.07, 6.45) is 5.62. The van der Waals surface area contributed by atoms with E-state index in [4.69, 9.17) is 4.42 Å². The van der Waals surface area contributed by atoms with Crippen molar-refractivity contribution in [3.8, 4) is 11.3 Å². The van der Waals surface area contributed by atoms with Crippen molar-refractivity contribution >= 4 is 6.08 Å². The van der Waals surface area contributed by atoms with Crippen molar-refractivity contribution in [2.75, 3.05) is 0 Å². The Morgan fingerprint density at radius 1 is 1.12 bits per heavy atom. The standard InChI is InChI=1S/C15H12O2/c16-13-10-15(11-6-2-1-3-7-11)17-14-9-5-4-8-12(13)14/h1-4,6-8,10H,5,9H2. The molecule has 1 aliphatic rings. The number of rotatable bonds is 1. The summed E-state index contributed by atoms with van der Waals surface area (Å²) in [5.74, 6) is 1.46. The summed E-state index contributed by atoms with van der Waals surface area (Å²) in [4.78, 5) is 11.9. The maximum atomic E-state index is 11.9. The molecule has 1 aromatic heterocycles. The summed E-state index contributed by atoms with van der Waals surface area (Å²) >= 11 is 0. The van der Waals surface area contributed by atoms with Crippen LogP contribution in [-0.4, -0.2) is 0 Å². The molecule has 1 aromatic carbocycles.